The molecule has 0 aromatic heterocycles. The summed E-state index contributed by atoms with van der Waals surface area (Å²) in [5, 5.41) is 27.0. The van der Waals surface area contributed by atoms with Gasteiger partial charge in [0.1, 0.15) is 6.10 Å². The molecule has 0 aliphatic heterocycles. The maximum Gasteiger partial charge on any atom is 0.309 e. The number of carbonyl (C=O) groups is 5. The Bertz CT molecular complexity index is 2050. The number of carboxylic acids is 1. The highest BCUT2D eigenvalue weighted by molar-refractivity contribution is 6.30. The number of rotatable bonds is 11. The number of aliphatic carboxylic acids is 1. The molecule has 7 rings (SSSR count). The number of nitrogens with one attached hydrogen (secondary N) is 2. The highest BCUT2D eigenvalue weighted by Crippen LogP contribution is 2.77. The molecule has 0 saturated heterocycles. The summed E-state index contributed by atoms with van der Waals surface area (Å²) in [7, 11) is 0. The lowest BCUT2D eigenvalue weighted by Crippen LogP contribution is -2.66. The quantitative estimate of drug-likeness (QED) is 0.109. The number of benzene rings is 1. The second-order valence-electron chi connectivity index (χ2n) is 22.3. The van der Waals surface area contributed by atoms with Crippen molar-refractivity contribution in [3.05, 3.63) is 46.0 Å². The summed E-state index contributed by atoms with van der Waals surface area (Å²) in [5.74, 6) is -6.52. The Morgan fingerprint density at radius 1 is 0.903 bits per heavy atom. The number of esters is 1. The van der Waals surface area contributed by atoms with E-state index in [0.717, 1.165) is 56.1 Å². The lowest BCUT2D eigenvalue weighted by molar-refractivity contribution is -0.238. The second-order valence-corrected chi connectivity index (χ2v) is 22.8. The Morgan fingerprint density at radius 2 is 1.56 bits per heavy atom. The van der Waals surface area contributed by atoms with Gasteiger partial charge < -0.3 is 31.3 Å². The van der Waals surface area contributed by atoms with E-state index in [-0.39, 0.29) is 69.9 Å². The number of carboxylic acid groups (broad SMARTS) is 1. The van der Waals surface area contributed by atoms with E-state index >= 15 is 4.39 Å². The van der Waals surface area contributed by atoms with Crippen LogP contribution in [0.5, 0.6) is 0 Å². The Hall–Kier alpha value is -3.35. The molecule has 0 heterocycles. The minimum Gasteiger partial charge on any atom is -0.481 e. The van der Waals surface area contributed by atoms with Crippen molar-refractivity contribution in [2.75, 3.05) is 13.1 Å². The van der Waals surface area contributed by atoms with E-state index in [0.29, 0.717) is 29.7 Å². The number of hydrogen-bond donors (Lipinski definition) is 5. The molecule has 1 aromatic rings. The molecule has 12 atom stereocenters. The summed E-state index contributed by atoms with van der Waals surface area (Å²) >= 11 is 5.94. The number of allylic oxidation sites excluding steroid dienone is 1. The maximum absolute atomic E-state index is 16.1. The molecule has 11 nitrogen and oxygen atoms in total. The van der Waals surface area contributed by atoms with Gasteiger partial charge in [-0.1, -0.05) is 79.5 Å². The van der Waals surface area contributed by atoms with E-state index in [1.165, 1.54) is 24.3 Å². The number of hydrogen-bond acceptors (Lipinski definition) is 8. The van der Waals surface area contributed by atoms with E-state index in [1.807, 2.05) is 27.7 Å². The monoisotopic (exact) mass is 881 g/mol. The minimum absolute atomic E-state index is 0.0144. The predicted octanol–water partition coefficient (Wildman–Crippen LogP) is 7.81. The SMILES string of the molecule is CC(C)C1=C2[C@H]3CC[C@@H]4[C@@]5(C)CC[C@H](OC(=O)[C@H]6C[C@@H](C(=O)O)C6(C)C)C(C)(C)[C@@H]5CC[C@@]4(C)[C@]3(C)CC[C@@]2([C@@H](O)CNC(=O)C(F)(CN)NC(=O)c2ccc(Cl)cc2)CC1=O. The van der Waals surface area contributed by atoms with Crippen LogP contribution in [0.3, 0.4) is 0 Å². The molecule has 2 amide bonds. The van der Waals surface area contributed by atoms with Gasteiger partial charge in [0.2, 0.25) is 0 Å². The predicted molar refractivity (Wildman–Crippen MR) is 233 cm³/mol. The molecule has 1 unspecified atom stereocenters. The number of halogens is 2. The van der Waals surface area contributed by atoms with Gasteiger partial charge in [0, 0.05) is 34.4 Å². The normalized spacial score (nSPS) is 38.3. The summed E-state index contributed by atoms with van der Waals surface area (Å²) in [6.45, 7) is 18.4. The van der Waals surface area contributed by atoms with Gasteiger partial charge in [-0.2, -0.15) is 0 Å². The number of fused-ring (bicyclic) bond motifs is 7. The van der Waals surface area contributed by atoms with Crippen LogP contribution in [-0.4, -0.2) is 70.8 Å². The van der Waals surface area contributed by atoms with Crippen LogP contribution in [0.4, 0.5) is 4.39 Å². The lowest BCUT2D eigenvalue weighted by Gasteiger charge is -2.72. The molecule has 0 bridgehead atoms. The molecule has 62 heavy (non-hydrogen) atoms. The van der Waals surface area contributed by atoms with Crippen LogP contribution in [0.15, 0.2) is 35.4 Å². The Labute approximate surface area is 371 Å². The third-order valence-electron chi connectivity index (χ3n) is 18.7. The van der Waals surface area contributed by atoms with Crippen molar-refractivity contribution in [2.45, 2.75) is 145 Å². The van der Waals surface area contributed by atoms with Crippen molar-refractivity contribution >= 4 is 41.1 Å². The van der Waals surface area contributed by atoms with Gasteiger partial charge >= 0.3 is 11.9 Å². The number of aliphatic hydroxyl groups is 1. The van der Waals surface area contributed by atoms with Crippen LogP contribution in [0.1, 0.15) is 137 Å². The van der Waals surface area contributed by atoms with E-state index < -0.39 is 58.9 Å². The molecule has 6 N–H and O–H groups in total. The molecule has 1 aromatic carbocycles. The van der Waals surface area contributed by atoms with Crippen LogP contribution >= 0.6 is 11.6 Å². The topological polar surface area (TPSA) is 185 Å². The van der Waals surface area contributed by atoms with Gasteiger partial charge in [-0.25, -0.2) is 4.39 Å². The van der Waals surface area contributed by atoms with Crippen molar-refractivity contribution < 1.29 is 43.3 Å². The molecular formula is C49H69ClFN3O8. The second kappa shape index (κ2) is 15.7. The maximum atomic E-state index is 16.1. The first-order valence-corrected chi connectivity index (χ1v) is 23.3. The number of carbonyl (C=O) groups excluding carboxylic acids is 4. The van der Waals surface area contributed by atoms with Crippen LogP contribution in [-0.2, 0) is 23.9 Å². The van der Waals surface area contributed by atoms with Crippen LogP contribution < -0.4 is 16.4 Å². The molecule has 5 saturated carbocycles. The van der Waals surface area contributed by atoms with Crippen molar-refractivity contribution in [3.8, 4) is 0 Å². The van der Waals surface area contributed by atoms with Crippen LogP contribution in [0.25, 0.3) is 0 Å². The number of aliphatic hydroxyl groups excluding tert-OH is 1. The average Bonchev–Trinajstić information content (AvgIpc) is 3.50. The Balaban J connectivity index is 1.10. The Morgan fingerprint density at radius 3 is 2.16 bits per heavy atom. The molecule has 0 spiro atoms. The number of alkyl halides is 1. The first-order chi connectivity index (χ1) is 28.7. The fourth-order valence-corrected chi connectivity index (χ4v) is 14.9. The van der Waals surface area contributed by atoms with Gasteiger partial charge in [0.25, 0.3) is 17.6 Å². The Kier molecular flexibility index (Phi) is 11.8. The average molecular weight is 883 g/mol. The fraction of sp³-hybridized carbons (Fsp3) is 0.735. The number of ketones is 1. The largest absolute Gasteiger partial charge is 0.481 e. The van der Waals surface area contributed by atoms with E-state index in [2.05, 4.69) is 45.3 Å². The van der Waals surface area contributed by atoms with Crippen molar-refractivity contribution in [1.29, 1.82) is 0 Å². The summed E-state index contributed by atoms with van der Waals surface area (Å²) < 4.78 is 22.5. The van der Waals surface area contributed by atoms with Crippen molar-refractivity contribution in [1.82, 2.24) is 10.6 Å². The highest BCUT2D eigenvalue weighted by Gasteiger charge is 2.71. The number of amides is 2. The first-order valence-electron chi connectivity index (χ1n) is 22.9. The first kappa shape index (κ1) is 46.6. The summed E-state index contributed by atoms with van der Waals surface area (Å²) in [6, 6.07) is 5.78. The van der Waals surface area contributed by atoms with Crippen LogP contribution in [0.2, 0.25) is 5.02 Å². The van der Waals surface area contributed by atoms with Crippen LogP contribution in [0, 0.1) is 68.0 Å². The van der Waals surface area contributed by atoms with E-state index in [9.17, 15) is 34.2 Å². The molecule has 342 valence electrons. The summed E-state index contributed by atoms with van der Waals surface area (Å²) in [6.07, 6.45) is 5.62. The van der Waals surface area contributed by atoms with E-state index in [1.54, 1.807) is 0 Å². The van der Waals surface area contributed by atoms with Gasteiger partial charge in [0.15, 0.2) is 5.78 Å². The van der Waals surface area contributed by atoms with Crippen molar-refractivity contribution in [3.63, 3.8) is 0 Å². The standard InChI is InChI=1S/C49H69ClFN3O8/c1-26(2)37-32(55)23-48(35(56)24-53-42(61)49(51,25-52)54-39(57)27-10-12-28(50)13-11-27)21-20-46(8)29(38(37)48)14-15-34-45(7)18-17-36(44(5,6)33(45)16-19-47(34,46)9)62-41(60)31-22-30(40(58)59)43(31,3)4/h10-13,26,29-31,33-36,56H,14-25,52H2,1-9H3,(H,53,61)(H,54,57)(H,58,59)/t29-,30+,31-,33+,34-,35+,36+,45+,46-,47-,48+,49?/m1/s1. The van der Waals surface area contributed by atoms with Gasteiger partial charge in [-0.15, -0.1) is 0 Å². The highest BCUT2D eigenvalue weighted by atomic mass is 35.5. The summed E-state index contributed by atoms with van der Waals surface area (Å²) in [5.41, 5.74) is 5.36. The zero-order valence-electron chi connectivity index (χ0n) is 38.1. The zero-order valence-corrected chi connectivity index (χ0v) is 38.8. The van der Waals surface area contributed by atoms with Gasteiger partial charge in [-0.05, 0) is 133 Å². The number of Topliss-reactive ketones (excluding diaryl/α,β-unsaturated/α-hetero) is 1. The number of ether oxygens (including phenoxy) is 1. The van der Waals surface area contributed by atoms with Gasteiger partial charge in [-0.3, -0.25) is 24.0 Å². The third kappa shape index (κ3) is 6.88. The minimum atomic E-state index is -2.96. The van der Waals surface area contributed by atoms with Crippen molar-refractivity contribution in [2.24, 2.45) is 73.7 Å². The molecule has 6 aliphatic rings. The summed E-state index contributed by atoms with van der Waals surface area (Å²) in [4.78, 5) is 66.0. The number of nitrogens with two attached hydrogens (primary N) is 1. The smallest absolute Gasteiger partial charge is 0.309 e. The lowest BCUT2D eigenvalue weighted by atomic mass is 9.33. The zero-order chi connectivity index (χ0) is 45.7. The van der Waals surface area contributed by atoms with Gasteiger partial charge in [0.05, 0.1) is 24.5 Å². The van der Waals surface area contributed by atoms with E-state index in [4.69, 9.17) is 22.1 Å². The molecule has 5 fully saturated rings. The molecule has 0 radical (unpaired) electrons. The fourth-order valence-electron chi connectivity index (χ4n) is 14.8. The molecule has 13 heteroatoms. The molecular weight excluding hydrogens is 813 g/mol. The third-order valence-corrected chi connectivity index (χ3v) is 18.9. The molecule has 6 aliphatic carbocycles.